The van der Waals surface area contributed by atoms with Gasteiger partial charge < -0.3 is 13.8 Å². The summed E-state index contributed by atoms with van der Waals surface area (Å²) >= 11 is 0. The number of imidazole rings is 1. The van der Waals surface area contributed by atoms with Crippen LogP contribution in [0.5, 0.6) is 0 Å². The van der Waals surface area contributed by atoms with Gasteiger partial charge in [-0.3, -0.25) is 15.1 Å². The molecule has 0 fully saturated rings. The van der Waals surface area contributed by atoms with Gasteiger partial charge in [-0.2, -0.15) is 0 Å². The summed E-state index contributed by atoms with van der Waals surface area (Å²) in [7, 11) is 0. The number of hydrogen-bond acceptors (Lipinski definition) is 7. The van der Waals surface area contributed by atoms with Crippen LogP contribution in [0.15, 0.2) is 89.7 Å². The number of pyridine rings is 1. The van der Waals surface area contributed by atoms with E-state index < -0.39 is 4.92 Å². The molecule has 0 saturated carbocycles. The third-order valence-electron chi connectivity index (χ3n) is 5.49. The summed E-state index contributed by atoms with van der Waals surface area (Å²) in [5.74, 6) is 1.27. The Kier molecular flexibility index (Phi) is 6.15. The summed E-state index contributed by atoms with van der Waals surface area (Å²) in [4.78, 5) is 19.8. The number of hydrogen-bond donors (Lipinski definition) is 0. The quantitative estimate of drug-likeness (QED) is 0.218. The summed E-state index contributed by atoms with van der Waals surface area (Å²) in [6.45, 7) is 2.38. The summed E-state index contributed by atoms with van der Waals surface area (Å²) < 4.78 is 13.3. The van der Waals surface area contributed by atoms with Crippen LogP contribution in [-0.2, 0) is 18.0 Å². The molecule has 9 nitrogen and oxygen atoms in total. The van der Waals surface area contributed by atoms with Gasteiger partial charge in [-0.25, -0.2) is 4.98 Å². The summed E-state index contributed by atoms with van der Waals surface area (Å²) in [6, 6.07) is 21.7. The highest BCUT2D eigenvalue weighted by atomic mass is 16.6. The number of non-ortho nitro benzene ring substituents is 1. The minimum atomic E-state index is -0.424. The summed E-state index contributed by atoms with van der Waals surface area (Å²) in [5.41, 5.74) is 4.60. The van der Waals surface area contributed by atoms with Crippen LogP contribution in [0, 0.1) is 17.0 Å². The SMILES string of the molecule is Cc1onc(-c2ccccc2)c1-c1cn(-c2ccc([N+](=O)[O-])cc2)c(COCc2ccccn2)n1. The first-order valence-electron chi connectivity index (χ1n) is 10.9. The van der Waals surface area contributed by atoms with Crippen molar-refractivity contribution in [1.29, 1.82) is 0 Å². The summed E-state index contributed by atoms with van der Waals surface area (Å²) in [6.07, 6.45) is 3.58. The molecule has 0 aliphatic heterocycles. The van der Waals surface area contributed by atoms with Crippen LogP contribution in [0.3, 0.4) is 0 Å². The highest BCUT2D eigenvalue weighted by Crippen LogP contribution is 2.34. The van der Waals surface area contributed by atoms with E-state index in [2.05, 4.69) is 10.1 Å². The molecule has 0 radical (unpaired) electrons. The zero-order valence-corrected chi connectivity index (χ0v) is 18.9. The van der Waals surface area contributed by atoms with Gasteiger partial charge in [0.15, 0.2) is 0 Å². The molecule has 3 aromatic heterocycles. The molecule has 0 saturated heterocycles. The number of rotatable bonds is 8. The van der Waals surface area contributed by atoms with Crippen LogP contribution in [0.1, 0.15) is 17.3 Å². The second-order valence-corrected chi connectivity index (χ2v) is 7.83. The second kappa shape index (κ2) is 9.70. The number of aryl methyl sites for hydroxylation is 1. The van der Waals surface area contributed by atoms with Crippen LogP contribution in [0.4, 0.5) is 5.69 Å². The molecule has 174 valence electrons. The molecule has 9 heteroatoms. The Labute approximate surface area is 200 Å². The van der Waals surface area contributed by atoms with Gasteiger partial charge >= 0.3 is 0 Å². The highest BCUT2D eigenvalue weighted by Gasteiger charge is 2.21. The van der Waals surface area contributed by atoms with E-state index in [4.69, 9.17) is 14.2 Å². The number of ether oxygens (including phenoxy) is 1. The van der Waals surface area contributed by atoms with Crippen LogP contribution in [-0.4, -0.2) is 24.6 Å². The van der Waals surface area contributed by atoms with Gasteiger partial charge in [-0.05, 0) is 31.2 Å². The lowest BCUT2D eigenvalue weighted by molar-refractivity contribution is -0.384. The van der Waals surface area contributed by atoms with E-state index in [1.54, 1.807) is 18.3 Å². The Morgan fingerprint density at radius 2 is 1.77 bits per heavy atom. The fraction of sp³-hybridized carbons (Fsp3) is 0.115. The molecule has 0 aliphatic carbocycles. The average Bonchev–Trinajstić information content (AvgIpc) is 3.48. The number of nitrogens with zero attached hydrogens (tertiary/aromatic N) is 5. The van der Waals surface area contributed by atoms with Crippen molar-refractivity contribution in [3.8, 4) is 28.2 Å². The molecule has 0 unspecified atom stereocenters. The van der Waals surface area contributed by atoms with Crippen LogP contribution < -0.4 is 0 Å². The normalized spacial score (nSPS) is 11.0. The topological polar surface area (TPSA) is 109 Å². The maximum Gasteiger partial charge on any atom is 0.269 e. The van der Waals surface area contributed by atoms with E-state index in [1.807, 2.05) is 66.2 Å². The standard InChI is InChI=1S/C26H21N5O4/c1-18-25(26(29-35-18)19-7-3-2-4-8-19)23-15-30(21-10-12-22(13-11-21)31(32)33)24(28-23)17-34-16-20-9-5-6-14-27-20/h2-15H,16-17H2,1H3. The van der Waals surface area contributed by atoms with Crippen molar-refractivity contribution in [1.82, 2.24) is 19.7 Å². The Morgan fingerprint density at radius 1 is 1.00 bits per heavy atom. The van der Waals surface area contributed by atoms with Gasteiger partial charge in [-0.15, -0.1) is 0 Å². The third-order valence-corrected chi connectivity index (χ3v) is 5.49. The zero-order chi connectivity index (χ0) is 24.2. The minimum Gasteiger partial charge on any atom is -0.367 e. The number of nitro benzene ring substituents is 1. The fourth-order valence-electron chi connectivity index (χ4n) is 3.80. The molecule has 2 aromatic carbocycles. The lowest BCUT2D eigenvalue weighted by atomic mass is 10.0. The van der Waals surface area contributed by atoms with Crippen molar-refractivity contribution >= 4 is 5.69 Å². The minimum absolute atomic E-state index is 0.0169. The van der Waals surface area contributed by atoms with E-state index in [9.17, 15) is 10.1 Å². The molecule has 3 heterocycles. The molecule has 0 bridgehead atoms. The van der Waals surface area contributed by atoms with Crippen molar-refractivity contribution in [3.05, 3.63) is 113 Å². The monoisotopic (exact) mass is 467 g/mol. The van der Waals surface area contributed by atoms with Crippen molar-refractivity contribution in [2.75, 3.05) is 0 Å². The number of benzene rings is 2. The van der Waals surface area contributed by atoms with E-state index in [-0.39, 0.29) is 12.3 Å². The molecule has 0 atom stereocenters. The van der Waals surface area contributed by atoms with E-state index >= 15 is 0 Å². The van der Waals surface area contributed by atoms with E-state index in [1.165, 1.54) is 12.1 Å². The van der Waals surface area contributed by atoms with Crippen molar-refractivity contribution in [2.45, 2.75) is 20.1 Å². The Bertz CT molecular complexity index is 1440. The lowest BCUT2D eigenvalue weighted by Crippen LogP contribution is -2.04. The maximum absolute atomic E-state index is 11.1. The first-order valence-corrected chi connectivity index (χ1v) is 10.9. The van der Waals surface area contributed by atoms with Crippen LogP contribution in [0.2, 0.25) is 0 Å². The Morgan fingerprint density at radius 3 is 2.49 bits per heavy atom. The summed E-state index contributed by atoms with van der Waals surface area (Å²) in [5, 5.41) is 15.4. The van der Waals surface area contributed by atoms with Crippen molar-refractivity contribution < 1.29 is 14.2 Å². The van der Waals surface area contributed by atoms with Gasteiger partial charge in [0.25, 0.3) is 5.69 Å². The predicted molar refractivity (Wildman–Crippen MR) is 129 cm³/mol. The van der Waals surface area contributed by atoms with Crippen LogP contribution >= 0.6 is 0 Å². The molecule has 35 heavy (non-hydrogen) atoms. The predicted octanol–water partition coefficient (Wildman–Crippen LogP) is 5.52. The molecule has 5 aromatic rings. The Hall–Kier alpha value is -4.63. The van der Waals surface area contributed by atoms with Gasteiger partial charge in [0.2, 0.25) is 0 Å². The molecule has 0 spiro atoms. The molecule has 0 aliphatic rings. The van der Waals surface area contributed by atoms with Crippen molar-refractivity contribution in [2.24, 2.45) is 0 Å². The average molecular weight is 467 g/mol. The fourth-order valence-corrected chi connectivity index (χ4v) is 3.80. The Balaban J connectivity index is 1.53. The van der Waals surface area contributed by atoms with Gasteiger partial charge in [0.05, 0.1) is 28.5 Å². The second-order valence-electron chi connectivity index (χ2n) is 7.83. The molecular weight excluding hydrogens is 446 g/mol. The van der Waals surface area contributed by atoms with Gasteiger partial charge in [0, 0.05) is 35.8 Å². The zero-order valence-electron chi connectivity index (χ0n) is 18.9. The molecule has 5 rings (SSSR count). The van der Waals surface area contributed by atoms with Crippen molar-refractivity contribution in [3.63, 3.8) is 0 Å². The first kappa shape index (κ1) is 22.2. The van der Waals surface area contributed by atoms with E-state index in [0.717, 1.165) is 22.5 Å². The smallest absolute Gasteiger partial charge is 0.269 e. The van der Waals surface area contributed by atoms with Gasteiger partial charge in [0.1, 0.15) is 23.9 Å². The lowest BCUT2D eigenvalue weighted by Gasteiger charge is -2.08. The highest BCUT2D eigenvalue weighted by molar-refractivity contribution is 5.80. The largest absolute Gasteiger partial charge is 0.367 e. The number of nitro groups is 1. The van der Waals surface area contributed by atoms with Crippen LogP contribution in [0.25, 0.3) is 28.2 Å². The third kappa shape index (κ3) is 4.71. The molecule has 0 amide bonds. The molecular formula is C26H21N5O4. The van der Waals surface area contributed by atoms with E-state index in [0.29, 0.717) is 29.6 Å². The van der Waals surface area contributed by atoms with Gasteiger partial charge in [-0.1, -0.05) is 41.6 Å². The maximum atomic E-state index is 11.1. The first-order chi connectivity index (χ1) is 17.1. The number of aromatic nitrogens is 4. The molecule has 0 N–H and O–H groups in total.